The Hall–Kier alpha value is -0.610. The van der Waals surface area contributed by atoms with Crippen LogP contribution in [0.15, 0.2) is 0 Å². The van der Waals surface area contributed by atoms with E-state index in [1.807, 2.05) is 0 Å². The first-order valence-corrected chi connectivity index (χ1v) is 4.21. The lowest BCUT2D eigenvalue weighted by molar-refractivity contribution is -0.143. The maximum absolute atomic E-state index is 10.2. The van der Waals surface area contributed by atoms with Crippen molar-refractivity contribution < 1.29 is 19.7 Å². The van der Waals surface area contributed by atoms with E-state index in [9.17, 15) is 9.90 Å². The average molecular weight is 174 g/mol. The lowest BCUT2D eigenvalue weighted by Gasteiger charge is -2.25. The Morgan fingerprint density at radius 2 is 2.33 bits per heavy atom. The van der Waals surface area contributed by atoms with Crippen LogP contribution >= 0.6 is 0 Å². The molecule has 0 aromatic heterocycles. The minimum absolute atomic E-state index is 0.218. The van der Waals surface area contributed by atoms with Gasteiger partial charge in [0.05, 0.1) is 18.6 Å². The first kappa shape index (κ1) is 9.48. The molecule has 0 radical (unpaired) electrons. The van der Waals surface area contributed by atoms with Gasteiger partial charge >= 0.3 is 5.97 Å². The third kappa shape index (κ3) is 2.79. The van der Waals surface area contributed by atoms with Crippen LogP contribution in [-0.2, 0) is 9.53 Å². The van der Waals surface area contributed by atoms with E-state index in [1.54, 1.807) is 0 Å². The number of carboxylic acids is 1. The third-order valence-electron chi connectivity index (χ3n) is 2.03. The van der Waals surface area contributed by atoms with E-state index in [2.05, 4.69) is 0 Å². The Morgan fingerprint density at radius 1 is 1.58 bits per heavy atom. The molecule has 0 aromatic carbocycles. The molecule has 1 saturated heterocycles. The maximum atomic E-state index is 10.2. The predicted molar refractivity (Wildman–Crippen MR) is 41.9 cm³/mol. The van der Waals surface area contributed by atoms with E-state index in [1.165, 1.54) is 0 Å². The molecule has 4 nitrogen and oxygen atoms in total. The summed E-state index contributed by atoms with van der Waals surface area (Å²) < 4.78 is 5.23. The highest BCUT2D eigenvalue weighted by Crippen LogP contribution is 2.17. The number of ether oxygens (including phenoxy) is 1. The molecule has 1 heterocycles. The number of carboxylic acid groups (broad SMARTS) is 1. The highest BCUT2D eigenvalue weighted by atomic mass is 16.5. The zero-order valence-corrected chi connectivity index (χ0v) is 6.90. The van der Waals surface area contributed by atoms with Crippen molar-refractivity contribution in [3.05, 3.63) is 0 Å². The first-order valence-electron chi connectivity index (χ1n) is 4.21. The van der Waals surface area contributed by atoms with Crippen molar-refractivity contribution in [2.75, 3.05) is 6.61 Å². The van der Waals surface area contributed by atoms with Gasteiger partial charge in [-0.25, -0.2) is 0 Å². The Bertz CT molecular complexity index is 151. The van der Waals surface area contributed by atoms with Gasteiger partial charge in [0.25, 0.3) is 0 Å². The lowest BCUT2D eigenvalue weighted by atomic mass is 10.0. The van der Waals surface area contributed by atoms with E-state index in [-0.39, 0.29) is 12.5 Å². The number of hydrogen-bond acceptors (Lipinski definition) is 3. The van der Waals surface area contributed by atoms with Gasteiger partial charge in [-0.1, -0.05) is 0 Å². The Balaban J connectivity index is 2.29. The molecular weight excluding hydrogens is 160 g/mol. The molecule has 1 unspecified atom stereocenters. The van der Waals surface area contributed by atoms with Gasteiger partial charge < -0.3 is 14.9 Å². The van der Waals surface area contributed by atoms with Gasteiger partial charge in [0.2, 0.25) is 0 Å². The molecule has 70 valence electrons. The minimum atomic E-state index is -0.975. The zero-order chi connectivity index (χ0) is 8.97. The number of aliphatic hydroxyl groups is 1. The fourth-order valence-corrected chi connectivity index (χ4v) is 1.38. The van der Waals surface area contributed by atoms with Crippen LogP contribution in [0.5, 0.6) is 0 Å². The van der Waals surface area contributed by atoms with Gasteiger partial charge in [-0.2, -0.15) is 0 Å². The van der Waals surface area contributed by atoms with Crippen molar-refractivity contribution in [2.24, 2.45) is 0 Å². The van der Waals surface area contributed by atoms with Gasteiger partial charge in [-0.05, 0) is 19.3 Å². The van der Waals surface area contributed by atoms with Crippen LogP contribution in [0.3, 0.4) is 0 Å². The van der Waals surface area contributed by atoms with Crippen molar-refractivity contribution in [1.82, 2.24) is 0 Å². The van der Waals surface area contributed by atoms with E-state index in [4.69, 9.17) is 9.84 Å². The lowest BCUT2D eigenvalue weighted by Crippen LogP contribution is -2.33. The second-order valence-corrected chi connectivity index (χ2v) is 3.07. The average Bonchev–Trinajstić information content (AvgIpc) is 2.05. The Kier molecular flexibility index (Phi) is 3.49. The van der Waals surface area contributed by atoms with Crippen molar-refractivity contribution in [3.63, 3.8) is 0 Å². The van der Waals surface area contributed by atoms with Crippen LogP contribution in [0.4, 0.5) is 0 Å². The summed E-state index contributed by atoms with van der Waals surface area (Å²) in [4.78, 5) is 10.2. The SMILES string of the molecule is O=C(O)C[C@@H](O)C1CCCCO1. The molecule has 1 fully saturated rings. The van der Waals surface area contributed by atoms with Gasteiger partial charge in [0.1, 0.15) is 0 Å². The molecule has 12 heavy (non-hydrogen) atoms. The van der Waals surface area contributed by atoms with Crippen LogP contribution < -0.4 is 0 Å². The van der Waals surface area contributed by atoms with E-state index in [0.717, 1.165) is 19.3 Å². The van der Waals surface area contributed by atoms with Gasteiger partial charge in [-0.3, -0.25) is 4.79 Å². The normalized spacial score (nSPS) is 26.6. The second-order valence-electron chi connectivity index (χ2n) is 3.07. The van der Waals surface area contributed by atoms with E-state index >= 15 is 0 Å². The molecule has 1 aliphatic rings. The topological polar surface area (TPSA) is 66.8 Å². The number of carbonyl (C=O) groups is 1. The van der Waals surface area contributed by atoms with E-state index < -0.39 is 12.1 Å². The van der Waals surface area contributed by atoms with Crippen LogP contribution in [-0.4, -0.2) is 35.0 Å². The molecule has 2 atom stereocenters. The van der Waals surface area contributed by atoms with Crippen LogP contribution in [0, 0.1) is 0 Å². The molecule has 1 aliphatic heterocycles. The summed E-state index contributed by atoms with van der Waals surface area (Å²) in [5.74, 6) is -0.975. The summed E-state index contributed by atoms with van der Waals surface area (Å²) in [6.07, 6.45) is 1.47. The molecule has 1 rings (SSSR count). The standard InChI is InChI=1S/C8H14O4/c9-6(5-8(10)11)7-3-1-2-4-12-7/h6-7,9H,1-5H2,(H,10,11)/t6-,7?/m1/s1. The molecule has 0 saturated carbocycles. The van der Waals surface area contributed by atoms with Crippen molar-refractivity contribution >= 4 is 5.97 Å². The summed E-state index contributed by atoms with van der Waals surface area (Å²) in [6, 6.07) is 0. The number of hydrogen-bond donors (Lipinski definition) is 2. The number of aliphatic carboxylic acids is 1. The summed E-state index contributed by atoms with van der Waals surface area (Å²) in [5.41, 5.74) is 0. The molecule has 2 N–H and O–H groups in total. The minimum Gasteiger partial charge on any atom is -0.481 e. The third-order valence-corrected chi connectivity index (χ3v) is 2.03. The summed E-state index contributed by atoms with van der Waals surface area (Å²) in [6.45, 7) is 0.640. The largest absolute Gasteiger partial charge is 0.481 e. The number of aliphatic hydroxyl groups excluding tert-OH is 1. The summed E-state index contributed by atoms with van der Waals surface area (Å²) in [7, 11) is 0. The highest BCUT2D eigenvalue weighted by Gasteiger charge is 2.24. The van der Waals surface area contributed by atoms with Crippen LogP contribution in [0.2, 0.25) is 0 Å². The van der Waals surface area contributed by atoms with Gasteiger partial charge in [0.15, 0.2) is 0 Å². The van der Waals surface area contributed by atoms with E-state index in [0.29, 0.717) is 6.61 Å². The molecule has 4 heteroatoms. The fourth-order valence-electron chi connectivity index (χ4n) is 1.38. The summed E-state index contributed by atoms with van der Waals surface area (Å²) in [5, 5.41) is 17.7. The Morgan fingerprint density at radius 3 is 2.83 bits per heavy atom. The van der Waals surface area contributed by atoms with Gasteiger partial charge in [-0.15, -0.1) is 0 Å². The molecule has 0 spiro atoms. The molecule has 0 bridgehead atoms. The second kappa shape index (κ2) is 4.42. The first-order chi connectivity index (χ1) is 5.70. The van der Waals surface area contributed by atoms with Crippen LogP contribution in [0.25, 0.3) is 0 Å². The molecule has 0 aliphatic carbocycles. The maximum Gasteiger partial charge on any atom is 0.306 e. The van der Waals surface area contributed by atoms with Crippen molar-refractivity contribution in [2.45, 2.75) is 37.9 Å². The van der Waals surface area contributed by atoms with Crippen LogP contribution in [0.1, 0.15) is 25.7 Å². The molecular formula is C8H14O4. The molecule has 0 aromatic rings. The van der Waals surface area contributed by atoms with Crippen molar-refractivity contribution in [3.8, 4) is 0 Å². The highest BCUT2D eigenvalue weighted by molar-refractivity contribution is 5.67. The fraction of sp³-hybridized carbons (Fsp3) is 0.875. The molecule has 0 amide bonds. The zero-order valence-electron chi connectivity index (χ0n) is 6.90. The summed E-state index contributed by atoms with van der Waals surface area (Å²) >= 11 is 0. The smallest absolute Gasteiger partial charge is 0.306 e. The van der Waals surface area contributed by atoms with Crippen molar-refractivity contribution in [1.29, 1.82) is 0 Å². The predicted octanol–water partition coefficient (Wildman–Crippen LogP) is 0.391. The quantitative estimate of drug-likeness (QED) is 0.649. The number of rotatable bonds is 3. The van der Waals surface area contributed by atoms with Gasteiger partial charge in [0, 0.05) is 6.61 Å². The Labute approximate surface area is 71.2 Å². The monoisotopic (exact) mass is 174 g/mol.